The number of furan rings is 1. The highest BCUT2D eigenvalue weighted by Gasteiger charge is 2.46. The van der Waals surface area contributed by atoms with Crippen molar-refractivity contribution in [3.63, 3.8) is 0 Å². The number of hydrogen-bond donors (Lipinski definition) is 0. The summed E-state index contributed by atoms with van der Waals surface area (Å²) >= 11 is 3.85. The molecule has 0 N–H and O–H groups in total. The van der Waals surface area contributed by atoms with Gasteiger partial charge in [-0.3, -0.25) is 0 Å². The van der Waals surface area contributed by atoms with Crippen LogP contribution in [0.5, 0.6) is 0 Å². The van der Waals surface area contributed by atoms with E-state index in [0.29, 0.717) is 21.9 Å². The van der Waals surface area contributed by atoms with E-state index in [2.05, 4.69) is 94.8 Å². The van der Waals surface area contributed by atoms with E-state index in [-0.39, 0.29) is 43.8 Å². The highest BCUT2D eigenvalue weighted by molar-refractivity contribution is 9.10. The van der Waals surface area contributed by atoms with Crippen LogP contribution in [0.15, 0.2) is 106 Å². The first-order valence-corrected chi connectivity index (χ1v) is 15.5. The van der Waals surface area contributed by atoms with Crippen LogP contribution in [-0.2, 0) is 5.41 Å². The van der Waals surface area contributed by atoms with Crippen molar-refractivity contribution in [3.05, 3.63) is 124 Å². The van der Waals surface area contributed by atoms with Gasteiger partial charge >= 0.3 is 0 Å². The Labute approximate surface area is 285 Å². The molecule has 1 heterocycles. The molecule has 46 heavy (non-hydrogen) atoms. The summed E-state index contributed by atoms with van der Waals surface area (Å²) < 4.78 is 7.41. The summed E-state index contributed by atoms with van der Waals surface area (Å²) in [5, 5.41) is 0.940. The van der Waals surface area contributed by atoms with Crippen molar-refractivity contribution in [2.24, 2.45) is 0 Å². The fourth-order valence-corrected chi connectivity index (χ4v) is 7.91. The molecule has 0 saturated heterocycles. The molecule has 1 aliphatic rings. The van der Waals surface area contributed by atoms with E-state index in [9.17, 15) is 0 Å². The maximum absolute atomic E-state index is 6.68. The molecule has 1 aromatic heterocycles. The van der Waals surface area contributed by atoms with Crippen LogP contribution in [0, 0.1) is 0 Å². The normalized spacial score (nSPS) is 15.3. The molecule has 0 aliphatic heterocycles. The van der Waals surface area contributed by atoms with E-state index < -0.39 is 5.41 Å². The third-order valence-corrected chi connectivity index (χ3v) is 10.1. The van der Waals surface area contributed by atoms with E-state index in [1.807, 2.05) is 18.2 Å². The van der Waals surface area contributed by atoms with Crippen molar-refractivity contribution in [1.29, 1.82) is 0 Å². The molecule has 1 nitrogen and oxygen atoms in total. The highest BCUT2D eigenvalue weighted by Crippen LogP contribution is 2.57. The van der Waals surface area contributed by atoms with Crippen LogP contribution < -0.4 is 38.2 Å². The van der Waals surface area contributed by atoms with Gasteiger partial charge in [0.25, 0.3) is 0 Å². The monoisotopic (exact) mass is 632 g/mol. The van der Waals surface area contributed by atoms with Crippen molar-refractivity contribution in [2.75, 3.05) is 0 Å². The highest BCUT2D eigenvalue weighted by atomic mass is 79.9. The molecular formula is C37H16B7BrO. The molecule has 14 radical (unpaired) electrons. The van der Waals surface area contributed by atoms with Gasteiger partial charge in [0.2, 0.25) is 0 Å². The minimum atomic E-state index is -0.576. The summed E-state index contributed by atoms with van der Waals surface area (Å²) in [7, 11) is 44.9. The topological polar surface area (TPSA) is 13.1 Å². The summed E-state index contributed by atoms with van der Waals surface area (Å²) in [4.78, 5) is 0. The van der Waals surface area contributed by atoms with Gasteiger partial charge < -0.3 is 4.42 Å². The molecule has 8 rings (SSSR count). The number of rotatable bonds is 3. The zero-order chi connectivity index (χ0) is 32.1. The lowest BCUT2D eigenvalue weighted by Gasteiger charge is -2.34. The van der Waals surface area contributed by atoms with Gasteiger partial charge in [-0.05, 0) is 39.4 Å². The van der Waals surface area contributed by atoms with E-state index >= 15 is 0 Å². The number of hydrogen-bond acceptors (Lipinski definition) is 1. The summed E-state index contributed by atoms with van der Waals surface area (Å²) in [6.45, 7) is 0. The van der Waals surface area contributed by atoms with Crippen molar-refractivity contribution in [3.8, 4) is 22.3 Å². The van der Waals surface area contributed by atoms with Crippen LogP contribution in [0.4, 0.5) is 0 Å². The summed E-state index contributed by atoms with van der Waals surface area (Å²) in [5.74, 6) is 0. The van der Waals surface area contributed by atoms with Crippen molar-refractivity contribution in [2.45, 2.75) is 5.41 Å². The minimum absolute atomic E-state index is 0.143. The molecule has 0 amide bonds. The van der Waals surface area contributed by atoms with Crippen LogP contribution in [0.1, 0.15) is 22.3 Å². The molecule has 9 heteroatoms. The average Bonchev–Trinajstić information content (AvgIpc) is 3.62. The smallest absolute Gasteiger partial charge is 0.141 e. The molecule has 1 unspecified atom stereocenters. The van der Waals surface area contributed by atoms with E-state index in [0.717, 1.165) is 21.2 Å². The zero-order valence-electron chi connectivity index (χ0n) is 24.6. The minimum Gasteiger partial charge on any atom is -0.456 e. The Kier molecular flexibility index (Phi) is 6.75. The largest absolute Gasteiger partial charge is 0.456 e. The van der Waals surface area contributed by atoms with Crippen LogP contribution in [-0.4, -0.2) is 54.9 Å². The van der Waals surface area contributed by atoms with Crippen molar-refractivity contribution >= 4 is 131 Å². The van der Waals surface area contributed by atoms with Crippen LogP contribution in [0.3, 0.4) is 0 Å². The van der Waals surface area contributed by atoms with Crippen molar-refractivity contribution < 1.29 is 4.42 Å². The lowest BCUT2D eigenvalue weighted by atomic mass is 9.64. The first-order valence-electron chi connectivity index (χ1n) is 14.7. The van der Waals surface area contributed by atoms with Gasteiger partial charge in [-0.1, -0.05) is 129 Å². The fraction of sp³-hybridized carbons (Fsp3) is 0.0270. The van der Waals surface area contributed by atoms with Gasteiger partial charge in [0, 0.05) is 26.4 Å². The van der Waals surface area contributed by atoms with Crippen LogP contribution in [0.2, 0.25) is 0 Å². The van der Waals surface area contributed by atoms with Gasteiger partial charge in [0.1, 0.15) is 66.1 Å². The molecular weight excluding hydrogens is 616 g/mol. The Balaban J connectivity index is 1.42. The predicted octanol–water partition coefficient (Wildman–Crippen LogP) is 1.94. The fourth-order valence-electron chi connectivity index (χ4n) is 7.33. The van der Waals surface area contributed by atoms with Crippen LogP contribution >= 0.6 is 15.9 Å². The Hall–Kier alpha value is -3.95. The third-order valence-electron chi connectivity index (χ3n) is 9.47. The van der Waals surface area contributed by atoms with Gasteiger partial charge in [-0.15, -0.1) is 16.4 Å². The summed E-state index contributed by atoms with van der Waals surface area (Å²) in [5.41, 5.74) is 9.87. The summed E-state index contributed by atoms with van der Waals surface area (Å²) in [6.07, 6.45) is 0. The van der Waals surface area contributed by atoms with Gasteiger partial charge in [-0.2, -0.15) is 0 Å². The predicted molar refractivity (Wildman–Crippen MR) is 202 cm³/mol. The third kappa shape index (κ3) is 3.78. The molecule has 0 saturated carbocycles. The lowest BCUT2D eigenvalue weighted by molar-refractivity contribution is 0.673. The Bertz CT molecular complexity index is 2400. The van der Waals surface area contributed by atoms with E-state index in [4.69, 9.17) is 59.3 Å². The standard InChI is InChI=1S/C37H16B7BrO/c38-28-24(35-26(29(39)31(28)41)27-30(40)32(42)33(43)34(44)36(27)46-35)17-13-15-19(16-14-17)37(18-7-2-1-3-8-18)21-10-5-4-9-20(21)25-22(37)11-6-12-23(25)45/h1-16H. The molecule has 7 aromatic rings. The van der Waals surface area contributed by atoms with Gasteiger partial charge in [0.15, 0.2) is 0 Å². The molecule has 0 fully saturated rings. The lowest BCUT2D eigenvalue weighted by Crippen LogP contribution is -2.47. The molecule has 0 bridgehead atoms. The average molecular weight is 632 g/mol. The zero-order valence-corrected chi connectivity index (χ0v) is 26.2. The molecule has 0 spiro atoms. The Morgan fingerprint density at radius 1 is 0.457 bits per heavy atom. The molecule has 6 aromatic carbocycles. The van der Waals surface area contributed by atoms with Crippen molar-refractivity contribution in [1.82, 2.24) is 0 Å². The summed E-state index contributed by atoms with van der Waals surface area (Å²) in [6, 6.07) is 33.9. The van der Waals surface area contributed by atoms with E-state index in [1.165, 1.54) is 22.3 Å². The first-order chi connectivity index (χ1) is 22.2. The SMILES string of the molecule is [B]c1c([B])c([B])c2c(oc3c(-c4ccc(C5(c6ccccc6)c6ccccc6-c6c(Br)cccc65)cc4)c([B])c([B])c([B])c32)c1[B]. The van der Waals surface area contributed by atoms with Crippen LogP contribution in [0.25, 0.3) is 44.2 Å². The molecule has 198 valence electrons. The maximum atomic E-state index is 6.68. The first kappa shape index (κ1) is 29.5. The number of fused-ring (bicyclic) bond motifs is 6. The maximum Gasteiger partial charge on any atom is 0.141 e. The second kappa shape index (κ2) is 10.5. The van der Waals surface area contributed by atoms with E-state index in [1.54, 1.807) is 0 Å². The second-order valence-corrected chi connectivity index (χ2v) is 12.5. The Morgan fingerprint density at radius 3 is 1.74 bits per heavy atom. The van der Waals surface area contributed by atoms with Gasteiger partial charge in [-0.25, -0.2) is 0 Å². The number of halogens is 1. The second-order valence-electron chi connectivity index (χ2n) is 11.7. The molecule has 1 atom stereocenters. The molecule has 1 aliphatic carbocycles. The quantitative estimate of drug-likeness (QED) is 0.272. The number of benzene rings is 6. The Morgan fingerprint density at radius 2 is 1.02 bits per heavy atom. The van der Waals surface area contributed by atoms with Gasteiger partial charge in [0.05, 0.1) is 5.41 Å².